The Morgan fingerprint density at radius 2 is 1.94 bits per heavy atom. The molecule has 4 rings (SSSR count). The fourth-order valence-electron chi connectivity index (χ4n) is 4.40. The van der Waals surface area contributed by atoms with Crippen molar-refractivity contribution in [3.05, 3.63) is 83.7 Å². The number of rotatable bonds is 6. The lowest BCUT2D eigenvalue weighted by Gasteiger charge is -2.24. The number of ether oxygens (including phenoxy) is 1. The normalized spacial score (nSPS) is 16.1. The van der Waals surface area contributed by atoms with E-state index >= 15 is 0 Å². The van der Waals surface area contributed by atoms with Gasteiger partial charge in [0, 0.05) is 32.0 Å². The number of hydrogen-bond donors (Lipinski definition) is 1. The number of pyridine rings is 1. The standard InChI is InChI=1S/C27H29N3O3/c1-19-15-20(7-8-25(19)33-2)16-26(31)30-14-13-29-27(32)23(18-30)17-22-5-3-4-6-24(22)21-9-11-28-12-10-21/h3-12,15,23H,13-14,16-18H2,1-2H3,(H,29,32). The van der Waals surface area contributed by atoms with E-state index in [1.54, 1.807) is 19.5 Å². The van der Waals surface area contributed by atoms with Gasteiger partial charge in [-0.15, -0.1) is 0 Å². The summed E-state index contributed by atoms with van der Waals surface area (Å²) in [4.78, 5) is 31.9. The van der Waals surface area contributed by atoms with Crippen LogP contribution in [0.25, 0.3) is 11.1 Å². The van der Waals surface area contributed by atoms with Crippen molar-refractivity contribution in [3.63, 3.8) is 0 Å². The molecule has 0 bridgehead atoms. The molecule has 6 heteroatoms. The lowest BCUT2D eigenvalue weighted by molar-refractivity contribution is -0.131. The van der Waals surface area contributed by atoms with Crippen LogP contribution in [0.2, 0.25) is 0 Å². The van der Waals surface area contributed by atoms with E-state index in [-0.39, 0.29) is 17.7 Å². The van der Waals surface area contributed by atoms with Gasteiger partial charge in [-0.2, -0.15) is 0 Å². The van der Waals surface area contributed by atoms with Gasteiger partial charge in [-0.1, -0.05) is 36.4 Å². The molecule has 6 nitrogen and oxygen atoms in total. The van der Waals surface area contributed by atoms with E-state index in [0.29, 0.717) is 32.5 Å². The highest BCUT2D eigenvalue weighted by atomic mass is 16.5. The number of carbonyl (C=O) groups excluding carboxylic acids is 2. The summed E-state index contributed by atoms with van der Waals surface area (Å²) in [5.41, 5.74) is 5.19. The summed E-state index contributed by atoms with van der Waals surface area (Å²) in [5.74, 6) is 0.527. The lowest BCUT2D eigenvalue weighted by Crippen LogP contribution is -2.38. The van der Waals surface area contributed by atoms with Crippen LogP contribution in [-0.4, -0.2) is 48.4 Å². The number of nitrogens with one attached hydrogen (secondary N) is 1. The van der Waals surface area contributed by atoms with Crippen molar-refractivity contribution in [1.82, 2.24) is 15.2 Å². The zero-order valence-electron chi connectivity index (χ0n) is 19.1. The molecule has 1 saturated heterocycles. The summed E-state index contributed by atoms with van der Waals surface area (Å²) in [6, 6.07) is 17.9. The average molecular weight is 444 g/mol. The van der Waals surface area contributed by atoms with Gasteiger partial charge in [-0.05, 0) is 59.4 Å². The van der Waals surface area contributed by atoms with Crippen LogP contribution in [0.5, 0.6) is 5.75 Å². The first-order valence-corrected chi connectivity index (χ1v) is 11.2. The van der Waals surface area contributed by atoms with Crippen molar-refractivity contribution < 1.29 is 14.3 Å². The Kier molecular flexibility index (Phi) is 7.03. The molecular weight excluding hydrogens is 414 g/mol. The maximum Gasteiger partial charge on any atom is 0.227 e. The Labute approximate surface area is 194 Å². The van der Waals surface area contributed by atoms with Crippen molar-refractivity contribution in [2.75, 3.05) is 26.7 Å². The van der Waals surface area contributed by atoms with E-state index in [2.05, 4.69) is 22.4 Å². The maximum absolute atomic E-state index is 13.1. The number of nitrogens with zero attached hydrogens (tertiary/aromatic N) is 2. The van der Waals surface area contributed by atoms with Gasteiger partial charge in [0.05, 0.1) is 19.4 Å². The quantitative estimate of drug-likeness (QED) is 0.634. The third kappa shape index (κ3) is 5.40. The number of benzene rings is 2. The Balaban J connectivity index is 1.50. The minimum absolute atomic E-state index is 0.00452. The molecule has 1 atom stereocenters. The van der Waals surface area contributed by atoms with Gasteiger partial charge in [-0.3, -0.25) is 14.6 Å². The second-order valence-corrected chi connectivity index (χ2v) is 8.41. The van der Waals surface area contributed by atoms with Crippen molar-refractivity contribution in [3.8, 4) is 16.9 Å². The van der Waals surface area contributed by atoms with Crippen LogP contribution in [-0.2, 0) is 22.4 Å². The number of aromatic nitrogens is 1. The van der Waals surface area contributed by atoms with E-state index in [1.807, 2.05) is 54.3 Å². The first-order valence-electron chi connectivity index (χ1n) is 11.2. The van der Waals surface area contributed by atoms with Gasteiger partial charge in [0.25, 0.3) is 0 Å². The number of carbonyl (C=O) groups is 2. The molecule has 0 radical (unpaired) electrons. The molecule has 0 saturated carbocycles. The molecular formula is C27H29N3O3. The predicted molar refractivity (Wildman–Crippen MR) is 128 cm³/mol. The highest BCUT2D eigenvalue weighted by Gasteiger charge is 2.28. The average Bonchev–Trinajstić information content (AvgIpc) is 3.01. The minimum atomic E-state index is -0.308. The van der Waals surface area contributed by atoms with E-state index in [0.717, 1.165) is 33.6 Å². The van der Waals surface area contributed by atoms with E-state index in [1.165, 1.54) is 0 Å². The van der Waals surface area contributed by atoms with Gasteiger partial charge in [0.2, 0.25) is 11.8 Å². The first kappa shape index (κ1) is 22.5. The number of aryl methyl sites for hydroxylation is 1. The van der Waals surface area contributed by atoms with Crippen molar-refractivity contribution in [1.29, 1.82) is 0 Å². The van der Waals surface area contributed by atoms with Gasteiger partial charge in [0.15, 0.2) is 0 Å². The molecule has 170 valence electrons. The molecule has 2 heterocycles. The van der Waals surface area contributed by atoms with Crippen LogP contribution in [0.4, 0.5) is 0 Å². The fourth-order valence-corrected chi connectivity index (χ4v) is 4.40. The first-order chi connectivity index (χ1) is 16.0. The topological polar surface area (TPSA) is 71.5 Å². The van der Waals surface area contributed by atoms with Crippen LogP contribution in [0.15, 0.2) is 67.0 Å². The summed E-state index contributed by atoms with van der Waals surface area (Å²) in [5, 5.41) is 2.99. The molecule has 2 amide bonds. The van der Waals surface area contributed by atoms with Crippen LogP contribution in [0.3, 0.4) is 0 Å². The highest BCUT2D eigenvalue weighted by Crippen LogP contribution is 2.26. The van der Waals surface area contributed by atoms with Crippen molar-refractivity contribution in [2.45, 2.75) is 19.8 Å². The number of hydrogen-bond acceptors (Lipinski definition) is 4. The van der Waals surface area contributed by atoms with E-state index in [4.69, 9.17) is 4.74 Å². The maximum atomic E-state index is 13.1. The third-order valence-electron chi connectivity index (χ3n) is 6.13. The molecule has 1 N–H and O–H groups in total. The zero-order valence-corrected chi connectivity index (χ0v) is 19.1. The van der Waals surface area contributed by atoms with Gasteiger partial charge < -0.3 is 15.0 Å². The fraction of sp³-hybridized carbons (Fsp3) is 0.296. The molecule has 1 unspecified atom stereocenters. The monoisotopic (exact) mass is 443 g/mol. The van der Waals surface area contributed by atoms with E-state index < -0.39 is 0 Å². The molecule has 1 aliphatic heterocycles. The summed E-state index contributed by atoms with van der Waals surface area (Å²) in [7, 11) is 1.64. The van der Waals surface area contributed by atoms with Crippen molar-refractivity contribution >= 4 is 11.8 Å². The third-order valence-corrected chi connectivity index (χ3v) is 6.13. The largest absolute Gasteiger partial charge is 0.496 e. The summed E-state index contributed by atoms with van der Waals surface area (Å²) >= 11 is 0. The second-order valence-electron chi connectivity index (χ2n) is 8.41. The van der Waals surface area contributed by atoms with Crippen LogP contribution >= 0.6 is 0 Å². The smallest absolute Gasteiger partial charge is 0.227 e. The Hall–Kier alpha value is -3.67. The van der Waals surface area contributed by atoms with Crippen LogP contribution in [0, 0.1) is 12.8 Å². The van der Waals surface area contributed by atoms with Gasteiger partial charge in [-0.25, -0.2) is 0 Å². The van der Waals surface area contributed by atoms with Gasteiger partial charge in [0.1, 0.15) is 5.75 Å². The van der Waals surface area contributed by atoms with Gasteiger partial charge >= 0.3 is 0 Å². The second kappa shape index (κ2) is 10.3. The predicted octanol–water partition coefficient (Wildman–Crippen LogP) is 3.43. The molecule has 1 fully saturated rings. The molecule has 1 aromatic heterocycles. The highest BCUT2D eigenvalue weighted by molar-refractivity contribution is 5.83. The molecule has 2 aromatic carbocycles. The summed E-state index contributed by atoms with van der Waals surface area (Å²) in [6.07, 6.45) is 4.41. The lowest BCUT2D eigenvalue weighted by atomic mass is 9.91. The summed E-state index contributed by atoms with van der Waals surface area (Å²) < 4.78 is 5.32. The Bertz CT molecular complexity index is 1130. The van der Waals surface area contributed by atoms with E-state index in [9.17, 15) is 9.59 Å². The Morgan fingerprint density at radius 1 is 1.15 bits per heavy atom. The molecule has 1 aliphatic rings. The SMILES string of the molecule is COc1ccc(CC(=O)N2CCNC(=O)C(Cc3ccccc3-c3ccncc3)C2)cc1C. The minimum Gasteiger partial charge on any atom is -0.496 e. The molecule has 33 heavy (non-hydrogen) atoms. The zero-order chi connectivity index (χ0) is 23.2. The van der Waals surface area contributed by atoms with Crippen LogP contribution < -0.4 is 10.1 Å². The number of amides is 2. The Morgan fingerprint density at radius 3 is 2.70 bits per heavy atom. The van der Waals surface area contributed by atoms with Crippen molar-refractivity contribution in [2.24, 2.45) is 5.92 Å². The number of methoxy groups -OCH3 is 1. The van der Waals surface area contributed by atoms with Crippen LogP contribution in [0.1, 0.15) is 16.7 Å². The summed E-state index contributed by atoms with van der Waals surface area (Å²) in [6.45, 7) is 3.36. The molecule has 0 aliphatic carbocycles. The molecule has 0 spiro atoms. The molecule has 3 aromatic rings.